The van der Waals surface area contributed by atoms with E-state index >= 15 is 0 Å². The second-order valence-electron chi connectivity index (χ2n) is 6.99. The molecule has 2 aliphatic rings. The first-order chi connectivity index (χ1) is 12.6. The van der Waals surface area contributed by atoms with Crippen LogP contribution >= 0.6 is 15.9 Å². The molecule has 4 nitrogen and oxygen atoms in total. The summed E-state index contributed by atoms with van der Waals surface area (Å²) < 4.78 is 1.03. The molecule has 2 saturated heterocycles. The molecule has 2 amide bonds. The number of anilines is 1. The van der Waals surface area contributed by atoms with Gasteiger partial charge >= 0.3 is 0 Å². The number of hydrogen-bond acceptors (Lipinski definition) is 2. The van der Waals surface area contributed by atoms with Gasteiger partial charge in [0.15, 0.2) is 0 Å². The van der Waals surface area contributed by atoms with Crippen LogP contribution in [-0.2, 0) is 9.59 Å². The highest BCUT2D eigenvalue weighted by molar-refractivity contribution is 9.10. The zero-order chi connectivity index (χ0) is 18.1. The van der Waals surface area contributed by atoms with Gasteiger partial charge in [-0.3, -0.25) is 9.59 Å². The molecule has 0 saturated carbocycles. The van der Waals surface area contributed by atoms with Gasteiger partial charge in [-0.05, 0) is 42.7 Å². The molecular weight excluding hydrogens is 392 g/mol. The van der Waals surface area contributed by atoms with Crippen molar-refractivity contribution in [2.24, 2.45) is 5.92 Å². The minimum atomic E-state index is -0.254. The number of amides is 2. The molecule has 0 N–H and O–H groups in total. The summed E-state index contributed by atoms with van der Waals surface area (Å²) >= 11 is 3.52. The molecule has 2 aromatic rings. The minimum Gasteiger partial charge on any atom is -0.335 e. The number of likely N-dealkylation sites (tertiary alicyclic amines) is 1. The number of carbonyl (C=O) groups excluding carboxylic acids is 2. The van der Waals surface area contributed by atoms with E-state index in [0.717, 1.165) is 35.1 Å². The van der Waals surface area contributed by atoms with Gasteiger partial charge in [-0.1, -0.05) is 46.3 Å². The van der Waals surface area contributed by atoms with Crippen LogP contribution < -0.4 is 4.90 Å². The van der Waals surface area contributed by atoms with Crippen LogP contribution in [0.2, 0.25) is 0 Å². The average Bonchev–Trinajstić information content (AvgIpc) is 3.29. The van der Waals surface area contributed by atoms with E-state index in [1.54, 1.807) is 4.90 Å². The summed E-state index contributed by atoms with van der Waals surface area (Å²) in [5.41, 5.74) is 2.03. The number of rotatable bonds is 3. The number of halogens is 1. The van der Waals surface area contributed by atoms with Crippen LogP contribution in [0.1, 0.15) is 30.9 Å². The van der Waals surface area contributed by atoms with Crippen LogP contribution in [0, 0.1) is 5.92 Å². The second-order valence-corrected chi connectivity index (χ2v) is 7.90. The Balaban J connectivity index is 1.51. The van der Waals surface area contributed by atoms with Crippen molar-refractivity contribution < 1.29 is 9.59 Å². The predicted octanol–water partition coefficient (Wildman–Crippen LogP) is 4.17. The first-order valence-corrected chi connectivity index (χ1v) is 9.84. The third-order valence-electron chi connectivity index (χ3n) is 5.31. The lowest BCUT2D eigenvalue weighted by molar-refractivity contribution is -0.136. The van der Waals surface area contributed by atoms with Crippen molar-refractivity contribution in [3.63, 3.8) is 0 Å². The summed E-state index contributed by atoms with van der Waals surface area (Å²) in [5.74, 6) is -0.109. The summed E-state index contributed by atoms with van der Waals surface area (Å²) in [7, 11) is 0. The van der Waals surface area contributed by atoms with Crippen LogP contribution in [-0.4, -0.2) is 29.8 Å². The van der Waals surface area contributed by atoms with Crippen molar-refractivity contribution in [3.05, 3.63) is 64.6 Å². The molecule has 2 aromatic carbocycles. The molecule has 2 atom stereocenters. The molecule has 2 unspecified atom stereocenters. The summed E-state index contributed by atoms with van der Waals surface area (Å²) in [4.78, 5) is 29.3. The third-order valence-corrected chi connectivity index (χ3v) is 5.80. The zero-order valence-electron chi connectivity index (χ0n) is 14.5. The standard InChI is InChI=1S/C21H21BrN2O2/c22-17-7-4-6-15(12-17)19-10-5-11-23(19)21(26)16-13-20(25)24(14-16)18-8-2-1-3-9-18/h1-4,6-9,12,16,19H,5,10-11,13-14H2. The Morgan fingerprint density at radius 3 is 2.65 bits per heavy atom. The second kappa shape index (κ2) is 7.23. The molecule has 2 fully saturated rings. The summed E-state index contributed by atoms with van der Waals surface area (Å²) in [6.45, 7) is 1.25. The fraction of sp³-hybridized carbons (Fsp3) is 0.333. The lowest BCUT2D eigenvalue weighted by Gasteiger charge is -2.28. The van der Waals surface area contributed by atoms with E-state index in [1.807, 2.05) is 47.4 Å². The minimum absolute atomic E-state index is 0.0350. The number of hydrogen-bond donors (Lipinski definition) is 0. The molecular formula is C21H21BrN2O2. The normalized spacial score (nSPS) is 22.9. The fourth-order valence-electron chi connectivity index (χ4n) is 4.06. The van der Waals surface area contributed by atoms with Gasteiger partial charge < -0.3 is 9.80 Å². The number of para-hydroxylation sites is 1. The van der Waals surface area contributed by atoms with Gasteiger partial charge in [0.05, 0.1) is 12.0 Å². The Morgan fingerprint density at radius 2 is 1.88 bits per heavy atom. The molecule has 0 spiro atoms. The predicted molar refractivity (Wildman–Crippen MR) is 105 cm³/mol. The van der Waals surface area contributed by atoms with Crippen LogP contribution in [0.15, 0.2) is 59.1 Å². The van der Waals surface area contributed by atoms with Crippen LogP contribution in [0.5, 0.6) is 0 Å². The Hall–Kier alpha value is -2.14. The van der Waals surface area contributed by atoms with Gasteiger partial charge in [0, 0.05) is 29.7 Å². The lowest BCUT2D eigenvalue weighted by Crippen LogP contribution is -2.37. The molecule has 134 valence electrons. The van der Waals surface area contributed by atoms with E-state index in [-0.39, 0.29) is 23.8 Å². The summed E-state index contributed by atoms with van der Waals surface area (Å²) in [6.07, 6.45) is 2.28. The van der Waals surface area contributed by atoms with Gasteiger partial charge in [-0.25, -0.2) is 0 Å². The Labute approximate surface area is 161 Å². The molecule has 0 aromatic heterocycles. The average molecular weight is 413 g/mol. The molecule has 0 aliphatic carbocycles. The molecule has 26 heavy (non-hydrogen) atoms. The smallest absolute Gasteiger partial charge is 0.228 e. The van der Waals surface area contributed by atoms with Gasteiger partial charge in [0.2, 0.25) is 11.8 Å². The third kappa shape index (κ3) is 3.28. The quantitative estimate of drug-likeness (QED) is 0.758. The molecule has 0 bridgehead atoms. The van der Waals surface area contributed by atoms with Gasteiger partial charge in [-0.2, -0.15) is 0 Å². The molecule has 5 heteroatoms. The van der Waals surface area contributed by atoms with Crippen LogP contribution in [0.3, 0.4) is 0 Å². The summed E-state index contributed by atoms with van der Waals surface area (Å²) in [6, 6.07) is 17.9. The van der Waals surface area contributed by atoms with Gasteiger partial charge in [-0.15, -0.1) is 0 Å². The van der Waals surface area contributed by atoms with E-state index in [9.17, 15) is 9.59 Å². The number of nitrogens with zero attached hydrogens (tertiary/aromatic N) is 2. The highest BCUT2D eigenvalue weighted by atomic mass is 79.9. The number of benzene rings is 2. The Bertz CT molecular complexity index is 824. The van der Waals surface area contributed by atoms with E-state index in [0.29, 0.717) is 13.0 Å². The van der Waals surface area contributed by atoms with Crippen molar-refractivity contribution in [3.8, 4) is 0 Å². The van der Waals surface area contributed by atoms with Crippen molar-refractivity contribution in [2.75, 3.05) is 18.0 Å². The SMILES string of the molecule is O=C1CC(C(=O)N2CCCC2c2cccc(Br)c2)CN1c1ccccc1. The van der Waals surface area contributed by atoms with Crippen LogP contribution in [0.4, 0.5) is 5.69 Å². The van der Waals surface area contributed by atoms with E-state index in [2.05, 4.69) is 28.1 Å². The number of carbonyl (C=O) groups is 2. The largest absolute Gasteiger partial charge is 0.335 e. The molecule has 2 heterocycles. The fourth-order valence-corrected chi connectivity index (χ4v) is 4.47. The van der Waals surface area contributed by atoms with Crippen molar-refractivity contribution in [1.29, 1.82) is 0 Å². The van der Waals surface area contributed by atoms with Gasteiger partial charge in [0.25, 0.3) is 0 Å². The maximum Gasteiger partial charge on any atom is 0.228 e. The van der Waals surface area contributed by atoms with E-state index in [1.165, 1.54) is 0 Å². The highest BCUT2D eigenvalue weighted by Gasteiger charge is 2.40. The van der Waals surface area contributed by atoms with E-state index in [4.69, 9.17) is 0 Å². The van der Waals surface area contributed by atoms with E-state index < -0.39 is 0 Å². The van der Waals surface area contributed by atoms with Crippen molar-refractivity contribution in [2.45, 2.75) is 25.3 Å². The maximum atomic E-state index is 13.2. The maximum absolute atomic E-state index is 13.2. The monoisotopic (exact) mass is 412 g/mol. The highest BCUT2D eigenvalue weighted by Crippen LogP contribution is 2.36. The Morgan fingerprint density at radius 1 is 1.08 bits per heavy atom. The lowest BCUT2D eigenvalue weighted by atomic mass is 10.0. The van der Waals surface area contributed by atoms with Gasteiger partial charge in [0.1, 0.15) is 0 Å². The molecule has 2 aliphatic heterocycles. The Kier molecular flexibility index (Phi) is 4.81. The first-order valence-electron chi connectivity index (χ1n) is 9.05. The van der Waals surface area contributed by atoms with Crippen molar-refractivity contribution in [1.82, 2.24) is 4.90 Å². The van der Waals surface area contributed by atoms with Crippen molar-refractivity contribution >= 4 is 33.4 Å². The first kappa shape index (κ1) is 17.3. The van der Waals surface area contributed by atoms with Crippen LogP contribution in [0.25, 0.3) is 0 Å². The molecule has 0 radical (unpaired) electrons. The topological polar surface area (TPSA) is 40.6 Å². The molecule has 4 rings (SSSR count). The zero-order valence-corrected chi connectivity index (χ0v) is 16.1. The summed E-state index contributed by atoms with van der Waals surface area (Å²) in [5, 5.41) is 0.